The maximum Gasteiger partial charge on any atom is 0.240 e. The first-order valence-corrected chi connectivity index (χ1v) is 11.3. The Morgan fingerprint density at radius 2 is 2.19 bits per heavy atom. The molecule has 0 bridgehead atoms. The van der Waals surface area contributed by atoms with Crippen molar-refractivity contribution < 1.29 is 9.59 Å². The minimum atomic E-state index is -0.465. The number of carbonyl (C=O) groups is 2. The van der Waals surface area contributed by atoms with Crippen LogP contribution in [0.25, 0.3) is 10.2 Å². The van der Waals surface area contributed by atoms with Crippen molar-refractivity contribution in [2.75, 3.05) is 12.3 Å². The van der Waals surface area contributed by atoms with Gasteiger partial charge in [-0.05, 0) is 50.0 Å². The summed E-state index contributed by atoms with van der Waals surface area (Å²) in [4.78, 5) is 37.5. The van der Waals surface area contributed by atoms with E-state index >= 15 is 0 Å². The average molecular weight is 405 g/mol. The largest absolute Gasteiger partial charge is 0.368 e. The van der Waals surface area contributed by atoms with Crippen LogP contribution in [0.15, 0.2) is 11.4 Å². The van der Waals surface area contributed by atoms with Crippen molar-refractivity contribution in [3.05, 3.63) is 16.8 Å². The lowest BCUT2D eigenvalue weighted by Gasteiger charge is -2.33. The SMILES string of the molecule is C[C@H]1CCc2c(sc3ncnc(SCC(=O)N4CCCC[C@H]4C(N)=O)c23)C1. The number of likely N-dealkylation sites (tertiary alicyclic amines) is 1. The quantitative estimate of drug-likeness (QED) is 0.625. The number of piperidine rings is 1. The van der Waals surface area contributed by atoms with Crippen LogP contribution in [-0.4, -0.2) is 45.0 Å². The van der Waals surface area contributed by atoms with Crippen molar-refractivity contribution >= 4 is 45.1 Å². The third-order valence-corrected chi connectivity index (χ3v) is 7.68. The van der Waals surface area contributed by atoms with Crippen LogP contribution in [-0.2, 0) is 22.4 Å². The van der Waals surface area contributed by atoms with Crippen molar-refractivity contribution in [1.29, 1.82) is 0 Å². The van der Waals surface area contributed by atoms with E-state index in [0.717, 1.165) is 40.9 Å². The summed E-state index contributed by atoms with van der Waals surface area (Å²) in [5.74, 6) is 0.546. The first-order chi connectivity index (χ1) is 13.0. The van der Waals surface area contributed by atoms with Crippen LogP contribution in [0.2, 0.25) is 0 Å². The predicted octanol–water partition coefficient (Wildman–Crippen LogP) is 2.77. The summed E-state index contributed by atoms with van der Waals surface area (Å²) in [6.45, 7) is 2.90. The number of carbonyl (C=O) groups excluding carboxylic acids is 2. The molecule has 1 saturated heterocycles. The van der Waals surface area contributed by atoms with Gasteiger partial charge < -0.3 is 10.6 Å². The number of thioether (sulfide) groups is 1. The van der Waals surface area contributed by atoms with E-state index in [1.165, 1.54) is 28.6 Å². The molecule has 27 heavy (non-hydrogen) atoms. The Hall–Kier alpha value is -1.67. The van der Waals surface area contributed by atoms with Gasteiger partial charge in [0, 0.05) is 16.8 Å². The number of hydrogen-bond donors (Lipinski definition) is 1. The zero-order valence-corrected chi connectivity index (χ0v) is 17.1. The zero-order chi connectivity index (χ0) is 19.0. The fourth-order valence-electron chi connectivity index (χ4n) is 4.09. The second-order valence-electron chi connectivity index (χ2n) is 7.50. The molecule has 144 valence electrons. The van der Waals surface area contributed by atoms with Crippen LogP contribution in [0.3, 0.4) is 0 Å². The summed E-state index contributed by atoms with van der Waals surface area (Å²) in [6, 6.07) is -0.465. The van der Waals surface area contributed by atoms with Gasteiger partial charge in [0.25, 0.3) is 0 Å². The first-order valence-electron chi connectivity index (χ1n) is 9.51. The van der Waals surface area contributed by atoms with Gasteiger partial charge >= 0.3 is 0 Å². The molecule has 2 atom stereocenters. The number of amides is 2. The topological polar surface area (TPSA) is 89.2 Å². The zero-order valence-electron chi connectivity index (χ0n) is 15.4. The molecule has 2 aliphatic rings. The van der Waals surface area contributed by atoms with Crippen LogP contribution in [0.5, 0.6) is 0 Å². The van der Waals surface area contributed by atoms with Crippen molar-refractivity contribution in [2.45, 2.75) is 56.5 Å². The molecule has 1 aliphatic carbocycles. The monoisotopic (exact) mass is 404 g/mol. The number of nitrogens with two attached hydrogens (primary N) is 1. The molecule has 2 N–H and O–H groups in total. The summed E-state index contributed by atoms with van der Waals surface area (Å²) in [7, 11) is 0. The van der Waals surface area contributed by atoms with Crippen molar-refractivity contribution in [1.82, 2.24) is 14.9 Å². The molecule has 0 spiro atoms. The highest BCUT2D eigenvalue weighted by atomic mass is 32.2. The molecule has 0 aromatic carbocycles. The maximum atomic E-state index is 12.7. The molecular weight excluding hydrogens is 380 g/mol. The Morgan fingerprint density at radius 3 is 3.00 bits per heavy atom. The van der Waals surface area contributed by atoms with Crippen molar-refractivity contribution in [3.63, 3.8) is 0 Å². The van der Waals surface area contributed by atoms with E-state index in [9.17, 15) is 9.59 Å². The second kappa shape index (κ2) is 7.75. The summed E-state index contributed by atoms with van der Waals surface area (Å²) < 4.78 is 0. The van der Waals surface area contributed by atoms with Gasteiger partial charge in [0.15, 0.2) is 0 Å². The van der Waals surface area contributed by atoms with Crippen LogP contribution in [0.4, 0.5) is 0 Å². The Bertz CT molecular complexity index is 882. The Balaban J connectivity index is 1.54. The van der Waals surface area contributed by atoms with Gasteiger partial charge in [0.2, 0.25) is 11.8 Å². The summed E-state index contributed by atoms with van der Waals surface area (Å²) >= 11 is 3.22. The van der Waals surface area contributed by atoms with Gasteiger partial charge in [0.05, 0.1) is 5.75 Å². The fourth-order valence-corrected chi connectivity index (χ4v) is 6.42. The van der Waals surface area contributed by atoms with Crippen molar-refractivity contribution in [3.8, 4) is 0 Å². The van der Waals surface area contributed by atoms with E-state index in [-0.39, 0.29) is 11.7 Å². The molecule has 3 heterocycles. The fraction of sp³-hybridized carbons (Fsp3) is 0.579. The van der Waals surface area contributed by atoms with E-state index in [1.54, 1.807) is 22.6 Å². The Morgan fingerprint density at radius 1 is 1.33 bits per heavy atom. The average Bonchev–Trinajstić information content (AvgIpc) is 3.04. The minimum Gasteiger partial charge on any atom is -0.368 e. The Labute approximate surface area is 166 Å². The number of rotatable bonds is 4. The highest BCUT2D eigenvalue weighted by molar-refractivity contribution is 8.00. The van der Waals surface area contributed by atoms with E-state index in [1.807, 2.05) is 0 Å². The standard InChI is InChI=1S/C19H24N4O2S2/c1-11-5-6-12-14(8-11)27-19-16(12)18(21-10-22-19)26-9-15(24)23-7-3-2-4-13(23)17(20)25/h10-11,13H,2-9H2,1H3,(H2,20,25)/t11-,13-/m0/s1. The molecule has 4 rings (SSSR count). The Kier molecular flexibility index (Phi) is 5.36. The number of aryl methyl sites for hydroxylation is 1. The minimum absolute atomic E-state index is 0.0343. The van der Waals surface area contributed by atoms with Gasteiger partial charge in [-0.2, -0.15) is 0 Å². The van der Waals surface area contributed by atoms with Crippen LogP contribution in [0, 0.1) is 5.92 Å². The predicted molar refractivity (Wildman–Crippen MR) is 108 cm³/mol. The highest BCUT2D eigenvalue weighted by Crippen LogP contribution is 2.40. The lowest BCUT2D eigenvalue weighted by molar-refractivity contribution is -0.138. The van der Waals surface area contributed by atoms with Crippen LogP contribution >= 0.6 is 23.1 Å². The number of primary amides is 1. The first kappa shape index (κ1) is 18.7. The molecule has 6 nitrogen and oxygen atoms in total. The second-order valence-corrected chi connectivity index (χ2v) is 9.55. The molecule has 0 saturated carbocycles. The molecule has 8 heteroatoms. The van der Waals surface area contributed by atoms with E-state index in [4.69, 9.17) is 5.73 Å². The van der Waals surface area contributed by atoms with E-state index in [0.29, 0.717) is 18.9 Å². The normalized spacial score (nSPS) is 22.6. The van der Waals surface area contributed by atoms with Gasteiger partial charge in [-0.15, -0.1) is 11.3 Å². The summed E-state index contributed by atoms with van der Waals surface area (Å²) in [6.07, 6.45) is 7.47. The number of nitrogens with zero attached hydrogens (tertiary/aromatic N) is 3. The molecule has 0 radical (unpaired) electrons. The lowest BCUT2D eigenvalue weighted by atomic mass is 9.89. The molecule has 1 fully saturated rings. The molecule has 2 aromatic rings. The van der Waals surface area contributed by atoms with Gasteiger partial charge in [-0.1, -0.05) is 18.7 Å². The van der Waals surface area contributed by atoms with Crippen LogP contribution < -0.4 is 5.73 Å². The summed E-state index contributed by atoms with van der Waals surface area (Å²) in [5, 5.41) is 2.01. The number of aromatic nitrogens is 2. The van der Waals surface area contributed by atoms with E-state index in [2.05, 4.69) is 16.9 Å². The molecule has 2 aromatic heterocycles. The number of hydrogen-bond acceptors (Lipinski definition) is 6. The smallest absolute Gasteiger partial charge is 0.240 e. The summed E-state index contributed by atoms with van der Waals surface area (Å²) in [5.41, 5.74) is 6.86. The lowest BCUT2D eigenvalue weighted by Crippen LogP contribution is -2.51. The third-order valence-electron chi connectivity index (χ3n) is 5.54. The van der Waals surface area contributed by atoms with Gasteiger partial charge in [0.1, 0.15) is 22.2 Å². The van der Waals surface area contributed by atoms with Crippen molar-refractivity contribution in [2.24, 2.45) is 11.7 Å². The van der Waals surface area contributed by atoms with E-state index < -0.39 is 11.9 Å². The molecule has 0 unspecified atom stereocenters. The highest BCUT2D eigenvalue weighted by Gasteiger charge is 2.31. The third kappa shape index (κ3) is 3.69. The van der Waals surface area contributed by atoms with Crippen LogP contribution in [0.1, 0.15) is 43.0 Å². The van der Waals surface area contributed by atoms with Gasteiger partial charge in [-0.25, -0.2) is 9.97 Å². The molecule has 1 aliphatic heterocycles. The maximum absolute atomic E-state index is 12.7. The number of fused-ring (bicyclic) bond motifs is 3. The number of thiophene rings is 1. The molecule has 2 amide bonds. The molecular formula is C19H24N4O2S2. The van der Waals surface area contributed by atoms with Gasteiger partial charge in [-0.3, -0.25) is 9.59 Å².